The number of ether oxygens (including phenoxy) is 2. The first-order valence-electron chi connectivity index (χ1n) is 8.07. The smallest absolute Gasteiger partial charge is 0.407 e. The van der Waals surface area contributed by atoms with Crippen molar-refractivity contribution < 1.29 is 14.3 Å². The summed E-state index contributed by atoms with van der Waals surface area (Å²) >= 11 is 0. The molecule has 1 fully saturated rings. The van der Waals surface area contributed by atoms with Crippen molar-refractivity contribution in [1.29, 1.82) is 0 Å². The summed E-state index contributed by atoms with van der Waals surface area (Å²) in [7, 11) is 0. The second-order valence-electron chi connectivity index (χ2n) is 6.50. The minimum Gasteiger partial charge on any atom is -0.444 e. The van der Waals surface area contributed by atoms with Gasteiger partial charge in [-0.05, 0) is 45.0 Å². The van der Waals surface area contributed by atoms with E-state index in [0.717, 1.165) is 32.0 Å². The highest BCUT2D eigenvalue weighted by molar-refractivity contribution is 5.67. The van der Waals surface area contributed by atoms with E-state index in [1.165, 1.54) is 5.69 Å². The number of carbonyl (C=O) groups is 1. The summed E-state index contributed by atoms with van der Waals surface area (Å²) in [6, 6.07) is 8.32. The van der Waals surface area contributed by atoms with Crippen molar-refractivity contribution in [3.8, 4) is 0 Å². The highest BCUT2D eigenvalue weighted by Crippen LogP contribution is 2.18. The van der Waals surface area contributed by atoms with Crippen LogP contribution in [0.4, 0.5) is 16.2 Å². The van der Waals surface area contributed by atoms with Crippen LogP contribution in [0.15, 0.2) is 24.3 Å². The summed E-state index contributed by atoms with van der Waals surface area (Å²) < 4.78 is 10.5. The molecular weight excluding hydrogens is 294 g/mol. The molecule has 0 saturated carbocycles. The fraction of sp³-hybridized carbons (Fsp3) is 0.588. The van der Waals surface area contributed by atoms with E-state index in [1.54, 1.807) is 0 Å². The molecule has 0 aliphatic carbocycles. The monoisotopic (exact) mass is 321 g/mol. The van der Waals surface area contributed by atoms with Crippen LogP contribution in [0.2, 0.25) is 0 Å². The first-order chi connectivity index (χ1) is 10.9. The molecule has 1 amide bonds. The summed E-state index contributed by atoms with van der Waals surface area (Å²) in [5.74, 6) is 0. The quantitative estimate of drug-likeness (QED) is 0.816. The third kappa shape index (κ3) is 6.36. The van der Waals surface area contributed by atoms with Gasteiger partial charge in [0.2, 0.25) is 0 Å². The molecule has 1 aliphatic heterocycles. The Morgan fingerprint density at radius 1 is 1.17 bits per heavy atom. The van der Waals surface area contributed by atoms with E-state index < -0.39 is 5.60 Å². The first-order valence-corrected chi connectivity index (χ1v) is 8.07. The van der Waals surface area contributed by atoms with Gasteiger partial charge in [0.05, 0.1) is 13.2 Å². The third-order valence-corrected chi connectivity index (χ3v) is 3.37. The fourth-order valence-corrected chi connectivity index (χ4v) is 2.30. The maximum Gasteiger partial charge on any atom is 0.407 e. The van der Waals surface area contributed by atoms with E-state index in [1.807, 2.05) is 20.8 Å². The topological polar surface area (TPSA) is 62.8 Å². The van der Waals surface area contributed by atoms with Gasteiger partial charge in [-0.2, -0.15) is 0 Å². The van der Waals surface area contributed by atoms with Gasteiger partial charge in [-0.1, -0.05) is 0 Å². The lowest BCUT2D eigenvalue weighted by Crippen LogP contribution is -2.36. The van der Waals surface area contributed by atoms with Crippen molar-refractivity contribution in [1.82, 2.24) is 5.32 Å². The maximum atomic E-state index is 11.5. The second-order valence-corrected chi connectivity index (χ2v) is 6.50. The number of hydrogen-bond donors (Lipinski definition) is 2. The molecule has 23 heavy (non-hydrogen) atoms. The van der Waals surface area contributed by atoms with Crippen molar-refractivity contribution in [3.63, 3.8) is 0 Å². The number of morpholine rings is 1. The molecular formula is C17H27N3O3. The lowest BCUT2D eigenvalue weighted by Gasteiger charge is -2.28. The average molecular weight is 321 g/mol. The van der Waals surface area contributed by atoms with E-state index in [-0.39, 0.29) is 6.09 Å². The molecule has 1 saturated heterocycles. The zero-order valence-corrected chi connectivity index (χ0v) is 14.2. The normalized spacial score (nSPS) is 15.2. The Morgan fingerprint density at radius 2 is 1.83 bits per heavy atom. The zero-order chi connectivity index (χ0) is 16.7. The number of rotatable bonds is 5. The molecule has 1 heterocycles. The van der Waals surface area contributed by atoms with E-state index in [9.17, 15) is 4.79 Å². The molecule has 6 heteroatoms. The van der Waals surface area contributed by atoms with Crippen LogP contribution in [-0.2, 0) is 9.47 Å². The molecule has 0 radical (unpaired) electrons. The van der Waals surface area contributed by atoms with E-state index in [0.29, 0.717) is 13.1 Å². The lowest BCUT2D eigenvalue weighted by atomic mass is 10.2. The highest BCUT2D eigenvalue weighted by atomic mass is 16.6. The van der Waals surface area contributed by atoms with Crippen LogP contribution in [0.1, 0.15) is 20.8 Å². The van der Waals surface area contributed by atoms with Gasteiger partial charge in [0.15, 0.2) is 0 Å². The molecule has 0 unspecified atom stereocenters. The summed E-state index contributed by atoms with van der Waals surface area (Å²) in [5, 5.41) is 6.01. The number of alkyl carbamates (subject to hydrolysis) is 1. The molecule has 0 atom stereocenters. The molecule has 2 N–H and O–H groups in total. The Bertz CT molecular complexity index is 491. The van der Waals surface area contributed by atoms with E-state index in [2.05, 4.69) is 39.8 Å². The van der Waals surface area contributed by atoms with E-state index in [4.69, 9.17) is 9.47 Å². The second kappa shape index (κ2) is 8.06. The molecule has 128 valence electrons. The minimum atomic E-state index is -0.465. The number of benzene rings is 1. The predicted molar refractivity (Wildman–Crippen MR) is 92.2 cm³/mol. The zero-order valence-electron chi connectivity index (χ0n) is 14.2. The van der Waals surface area contributed by atoms with Crippen molar-refractivity contribution in [2.24, 2.45) is 0 Å². The molecule has 1 aromatic carbocycles. The molecule has 0 spiro atoms. The SMILES string of the molecule is CC(C)(C)OC(=O)NCCNc1ccc(N2CCOCC2)cc1. The summed E-state index contributed by atoms with van der Waals surface area (Å²) in [4.78, 5) is 13.8. The van der Waals surface area contributed by atoms with Gasteiger partial charge in [0.25, 0.3) is 0 Å². The summed E-state index contributed by atoms with van der Waals surface area (Å²) in [5.41, 5.74) is 1.78. The van der Waals surface area contributed by atoms with Crippen molar-refractivity contribution in [2.75, 3.05) is 49.6 Å². The molecule has 6 nitrogen and oxygen atoms in total. The Hall–Kier alpha value is -1.95. The molecule has 1 aromatic rings. The largest absolute Gasteiger partial charge is 0.444 e. The Balaban J connectivity index is 1.69. The molecule has 0 bridgehead atoms. The average Bonchev–Trinajstić information content (AvgIpc) is 2.51. The van der Waals surface area contributed by atoms with Crippen LogP contribution in [0.3, 0.4) is 0 Å². The predicted octanol–water partition coefficient (Wildman–Crippen LogP) is 2.46. The van der Waals surface area contributed by atoms with Gasteiger partial charge in [-0.25, -0.2) is 4.79 Å². The summed E-state index contributed by atoms with van der Waals surface area (Å²) in [6.07, 6.45) is -0.387. The van der Waals surface area contributed by atoms with Gasteiger partial charge >= 0.3 is 6.09 Å². The minimum absolute atomic E-state index is 0.387. The van der Waals surface area contributed by atoms with Gasteiger partial charge in [-0.3, -0.25) is 0 Å². The summed E-state index contributed by atoms with van der Waals surface area (Å²) in [6.45, 7) is 10.2. The number of carbonyl (C=O) groups excluding carboxylic acids is 1. The van der Waals surface area contributed by atoms with Crippen LogP contribution < -0.4 is 15.5 Å². The van der Waals surface area contributed by atoms with Crippen LogP contribution in [0, 0.1) is 0 Å². The molecule has 0 aromatic heterocycles. The Labute approximate surface area is 138 Å². The van der Waals surface area contributed by atoms with Gasteiger partial charge in [-0.15, -0.1) is 0 Å². The first kappa shape index (κ1) is 17.4. The Morgan fingerprint density at radius 3 is 2.43 bits per heavy atom. The fourth-order valence-electron chi connectivity index (χ4n) is 2.30. The number of amides is 1. The third-order valence-electron chi connectivity index (χ3n) is 3.37. The van der Waals surface area contributed by atoms with Crippen molar-refractivity contribution in [2.45, 2.75) is 26.4 Å². The van der Waals surface area contributed by atoms with Crippen molar-refractivity contribution in [3.05, 3.63) is 24.3 Å². The van der Waals surface area contributed by atoms with Crippen LogP contribution in [0.5, 0.6) is 0 Å². The van der Waals surface area contributed by atoms with Crippen LogP contribution in [0.25, 0.3) is 0 Å². The Kier molecular flexibility index (Phi) is 6.10. The molecule has 2 rings (SSSR count). The standard InChI is InChI=1S/C17H27N3O3/c1-17(2,3)23-16(21)19-9-8-18-14-4-6-15(7-5-14)20-10-12-22-13-11-20/h4-7,18H,8-13H2,1-3H3,(H,19,21). The van der Waals surface area contributed by atoms with Crippen LogP contribution >= 0.6 is 0 Å². The lowest BCUT2D eigenvalue weighted by molar-refractivity contribution is 0.0530. The number of nitrogens with zero attached hydrogens (tertiary/aromatic N) is 1. The number of hydrogen-bond acceptors (Lipinski definition) is 5. The molecule has 1 aliphatic rings. The van der Waals surface area contributed by atoms with Gasteiger partial charge < -0.3 is 25.0 Å². The van der Waals surface area contributed by atoms with E-state index >= 15 is 0 Å². The van der Waals surface area contributed by atoms with Crippen molar-refractivity contribution >= 4 is 17.5 Å². The number of anilines is 2. The van der Waals surface area contributed by atoms with Crippen LogP contribution in [-0.4, -0.2) is 51.1 Å². The van der Waals surface area contributed by atoms with Gasteiger partial charge in [0, 0.05) is 37.6 Å². The maximum absolute atomic E-state index is 11.5. The van der Waals surface area contributed by atoms with Gasteiger partial charge in [0.1, 0.15) is 5.60 Å². The highest BCUT2D eigenvalue weighted by Gasteiger charge is 2.15. The number of nitrogens with one attached hydrogen (secondary N) is 2.